The predicted molar refractivity (Wildman–Crippen MR) is 108 cm³/mol. The van der Waals surface area contributed by atoms with Crippen molar-refractivity contribution in [2.45, 2.75) is 26.2 Å². The number of H-pyrrole nitrogens is 1. The van der Waals surface area contributed by atoms with E-state index < -0.39 is 0 Å². The second kappa shape index (κ2) is 9.55. The van der Waals surface area contributed by atoms with Crippen LogP contribution in [0.5, 0.6) is 0 Å². The number of aromatic nitrogens is 2. The van der Waals surface area contributed by atoms with Crippen molar-refractivity contribution in [3.8, 4) is 0 Å². The van der Waals surface area contributed by atoms with Crippen LogP contribution in [0.2, 0.25) is 0 Å². The number of nitrogens with zero attached hydrogens (tertiary/aromatic N) is 1. The Morgan fingerprint density at radius 1 is 1.07 bits per heavy atom. The highest BCUT2D eigenvalue weighted by Crippen LogP contribution is 2.14. The topological polar surface area (TPSA) is 96.1 Å². The van der Waals surface area contributed by atoms with Crippen LogP contribution in [0.1, 0.15) is 24.7 Å². The maximum absolute atomic E-state index is 11.8. The molecule has 1 aromatic heterocycles. The Balaban J connectivity index is 1.44. The molecule has 28 heavy (non-hydrogen) atoms. The van der Waals surface area contributed by atoms with Crippen molar-refractivity contribution in [3.63, 3.8) is 0 Å². The molecule has 3 aromatic rings. The fourth-order valence-electron chi connectivity index (χ4n) is 2.83. The smallest absolute Gasteiger partial charge is 0.319 e. The van der Waals surface area contributed by atoms with Gasteiger partial charge in [0.05, 0.1) is 24.1 Å². The van der Waals surface area contributed by atoms with Gasteiger partial charge in [0.2, 0.25) is 0 Å². The molecule has 2 aromatic carbocycles. The third-order valence-corrected chi connectivity index (χ3v) is 4.22. The minimum Gasteiger partial charge on any atom is -0.466 e. The zero-order chi connectivity index (χ0) is 19.8. The molecular formula is C21H24N4O3. The van der Waals surface area contributed by atoms with Crippen molar-refractivity contribution in [2.24, 2.45) is 0 Å². The van der Waals surface area contributed by atoms with E-state index in [0.29, 0.717) is 12.3 Å². The highest BCUT2D eigenvalue weighted by Gasteiger charge is 2.06. The number of ether oxygens (including phenoxy) is 1. The van der Waals surface area contributed by atoms with Crippen LogP contribution in [0.15, 0.2) is 48.5 Å². The van der Waals surface area contributed by atoms with Gasteiger partial charge in [0.1, 0.15) is 5.82 Å². The second-order valence-electron chi connectivity index (χ2n) is 6.33. The summed E-state index contributed by atoms with van der Waals surface area (Å²) in [6.07, 6.45) is 1.82. The largest absolute Gasteiger partial charge is 0.466 e. The summed E-state index contributed by atoms with van der Waals surface area (Å²) in [4.78, 5) is 31.0. The molecular weight excluding hydrogens is 356 g/mol. The number of hydrogen-bond acceptors (Lipinski definition) is 4. The fraction of sp³-hybridized carbons (Fsp3) is 0.286. The van der Waals surface area contributed by atoms with Crippen molar-refractivity contribution in [1.29, 1.82) is 0 Å². The molecule has 7 nitrogen and oxygen atoms in total. The van der Waals surface area contributed by atoms with E-state index in [4.69, 9.17) is 4.74 Å². The lowest BCUT2D eigenvalue weighted by Gasteiger charge is -2.08. The first-order valence-corrected chi connectivity index (χ1v) is 9.37. The quantitative estimate of drug-likeness (QED) is 0.522. The zero-order valence-electron chi connectivity index (χ0n) is 15.8. The van der Waals surface area contributed by atoms with Crippen molar-refractivity contribution < 1.29 is 14.3 Å². The van der Waals surface area contributed by atoms with Crippen molar-refractivity contribution >= 4 is 28.7 Å². The Hall–Kier alpha value is -3.35. The van der Waals surface area contributed by atoms with E-state index in [1.54, 1.807) is 6.92 Å². The lowest BCUT2D eigenvalue weighted by Crippen LogP contribution is -2.30. The first kappa shape index (κ1) is 19.4. The van der Waals surface area contributed by atoms with E-state index in [0.717, 1.165) is 35.3 Å². The highest BCUT2D eigenvalue weighted by molar-refractivity contribution is 5.89. The SMILES string of the molecule is CCOC(=O)CCNC(=O)Nc1ccc(CCc2nc3ccccc3[nH]2)cc1. The van der Waals surface area contributed by atoms with E-state index in [9.17, 15) is 9.59 Å². The maximum Gasteiger partial charge on any atom is 0.319 e. The van der Waals surface area contributed by atoms with Gasteiger partial charge in [-0.05, 0) is 43.2 Å². The second-order valence-corrected chi connectivity index (χ2v) is 6.33. The Kier molecular flexibility index (Phi) is 6.62. The van der Waals surface area contributed by atoms with Crippen LogP contribution in [0, 0.1) is 0 Å². The average molecular weight is 380 g/mol. The van der Waals surface area contributed by atoms with E-state index in [-0.39, 0.29) is 25.0 Å². The van der Waals surface area contributed by atoms with E-state index >= 15 is 0 Å². The van der Waals surface area contributed by atoms with Crippen LogP contribution in [0.25, 0.3) is 11.0 Å². The molecule has 1 heterocycles. The number of hydrogen-bond donors (Lipinski definition) is 3. The number of carbonyl (C=O) groups excluding carboxylic acids is 2. The minimum atomic E-state index is -0.348. The van der Waals surface area contributed by atoms with Crippen LogP contribution >= 0.6 is 0 Å². The molecule has 0 aliphatic carbocycles. The molecule has 0 spiro atoms. The van der Waals surface area contributed by atoms with Crippen molar-refractivity contribution in [1.82, 2.24) is 15.3 Å². The molecule has 7 heteroatoms. The monoisotopic (exact) mass is 380 g/mol. The molecule has 3 N–H and O–H groups in total. The van der Waals surface area contributed by atoms with Gasteiger partial charge >= 0.3 is 12.0 Å². The van der Waals surface area contributed by atoms with Gasteiger partial charge in [-0.15, -0.1) is 0 Å². The molecule has 0 fully saturated rings. The lowest BCUT2D eigenvalue weighted by atomic mass is 10.1. The number of urea groups is 1. The first-order chi connectivity index (χ1) is 13.6. The predicted octanol–water partition coefficient (Wildman–Crippen LogP) is 3.42. The summed E-state index contributed by atoms with van der Waals surface area (Å²) in [6, 6.07) is 15.3. The summed E-state index contributed by atoms with van der Waals surface area (Å²) in [5.74, 6) is 0.640. The Bertz CT molecular complexity index is 901. The number of carbonyl (C=O) groups is 2. The van der Waals surface area contributed by atoms with Crippen LogP contribution in [-0.2, 0) is 22.4 Å². The standard InChI is InChI=1S/C21H24N4O3/c1-2-28-20(26)13-14-22-21(27)23-16-10-7-15(8-11-16)9-12-19-24-17-5-3-4-6-18(17)25-19/h3-8,10-11H,2,9,12-14H2,1H3,(H,24,25)(H2,22,23,27). The molecule has 0 radical (unpaired) electrons. The number of anilines is 1. The number of aryl methyl sites for hydroxylation is 2. The van der Waals surface area contributed by atoms with Crippen LogP contribution < -0.4 is 10.6 Å². The summed E-state index contributed by atoms with van der Waals surface area (Å²) in [5, 5.41) is 5.38. The molecule has 0 aliphatic heterocycles. The van der Waals surface area contributed by atoms with Gasteiger partial charge in [-0.3, -0.25) is 4.79 Å². The summed E-state index contributed by atoms with van der Waals surface area (Å²) in [5.41, 5.74) is 3.88. The number of rotatable bonds is 8. The summed E-state index contributed by atoms with van der Waals surface area (Å²) >= 11 is 0. The number of aromatic amines is 1. The third kappa shape index (κ3) is 5.57. The number of para-hydroxylation sites is 2. The van der Waals surface area contributed by atoms with Gasteiger partial charge in [0.15, 0.2) is 0 Å². The Labute approximate surface area is 163 Å². The third-order valence-electron chi connectivity index (χ3n) is 4.22. The van der Waals surface area contributed by atoms with Crippen molar-refractivity contribution in [3.05, 3.63) is 59.9 Å². The molecule has 0 unspecified atom stereocenters. The molecule has 2 amide bonds. The molecule has 0 bridgehead atoms. The number of imidazole rings is 1. The number of nitrogens with one attached hydrogen (secondary N) is 3. The first-order valence-electron chi connectivity index (χ1n) is 9.37. The lowest BCUT2D eigenvalue weighted by molar-refractivity contribution is -0.142. The van der Waals surface area contributed by atoms with Gasteiger partial charge in [0, 0.05) is 18.7 Å². The van der Waals surface area contributed by atoms with E-state index in [1.807, 2.05) is 48.5 Å². The molecule has 0 saturated heterocycles. The normalized spacial score (nSPS) is 10.6. The highest BCUT2D eigenvalue weighted by atomic mass is 16.5. The molecule has 3 rings (SSSR count). The van der Waals surface area contributed by atoms with E-state index in [1.165, 1.54) is 0 Å². The van der Waals surface area contributed by atoms with Gasteiger partial charge in [-0.1, -0.05) is 24.3 Å². The van der Waals surface area contributed by atoms with Crippen molar-refractivity contribution in [2.75, 3.05) is 18.5 Å². The average Bonchev–Trinajstić information content (AvgIpc) is 3.11. The summed E-state index contributed by atoms with van der Waals surface area (Å²) in [6.45, 7) is 2.33. The number of esters is 1. The van der Waals surface area contributed by atoms with Gasteiger partial charge in [-0.25, -0.2) is 9.78 Å². The Morgan fingerprint density at radius 2 is 1.86 bits per heavy atom. The van der Waals surface area contributed by atoms with Gasteiger partial charge < -0.3 is 20.4 Å². The van der Waals surface area contributed by atoms with E-state index in [2.05, 4.69) is 20.6 Å². The van der Waals surface area contributed by atoms with Crippen LogP contribution in [0.4, 0.5) is 10.5 Å². The van der Waals surface area contributed by atoms with Crippen LogP contribution in [0.3, 0.4) is 0 Å². The molecule has 146 valence electrons. The van der Waals surface area contributed by atoms with Gasteiger partial charge in [-0.2, -0.15) is 0 Å². The maximum atomic E-state index is 11.8. The zero-order valence-corrected chi connectivity index (χ0v) is 15.8. The molecule has 0 atom stereocenters. The number of benzene rings is 2. The fourth-order valence-corrected chi connectivity index (χ4v) is 2.83. The number of amides is 2. The Morgan fingerprint density at radius 3 is 2.61 bits per heavy atom. The molecule has 0 aliphatic rings. The van der Waals surface area contributed by atoms with Crippen LogP contribution in [-0.4, -0.2) is 35.1 Å². The molecule has 0 saturated carbocycles. The summed E-state index contributed by atoms with van der Waals surface area (Å²) in [7, 11) is 0. The van der Waals surface area contributed by atoms with Gasteiger partial charge in [0.25, 0.3) is 0 Å². The summed E-state index contributed by atoms with van der Waals surface area (Å²) < 4.78 is 4.81. The number of fused-ring (bicyclic) bond motifs is 1. The minimum absolute atomic E-state index is 0.155.